The molecule has 1 aliphatic carbocycles. The van der Waals surface area contributed by atoms with E-state index in [9.17, 15) is 4.39 Å². The Bertz CT molecular complexity index is 410. The van der Waals surface area contributed by atoms with Gasteiger partial charge in [-0.05, 0) is 55.3 Å². The highest BCUT2D eigenvalue weighted by Crippen LogP contribution is 2.31. The fourth-order valence-electron chi connectivity index (χ4n) is 3.51. The second-order valence-electron chi connectivity index (χ2n) is 7.10. The number of hydrogen-bond donors (Lipinski definition) is 1. The molecule has 1 fully saturated rings. The lowest BCUT2D eigenvalue weighted by molar-refractivity contribution is 0.348. The Balaban J connectivity index is 1.91. The Hall–Kier alpha value is -0.890. The Labute approximate surface area is 129 Å². The monoisotopic (exact) mass is 291 g/mol. The average molecular weight is 291 g/mol. The van der Waals surface area contributed by atoms with E-state index in [1.165, 1.54) is 32.1 Å². The van der Waals surface area contributed by atoms with Crippen molar-refractivity contribution in [2.45, 2.75) is 52.4 Å². The molecule has 1 atom stereocenters. The van der Waals surface area contributed by atoms with Gasteiger partial charge in [0, 0.05) is 0 Å². The average Bonchev–Trinajstić information content (AvgIpc) is 2.93. The molecule has 2 heteroatoms. The van der Waals surface area contributed by atoms with Crippen molar-refractivity contribution in [1.29, 1.82) is 0 Å². The van der Waals surface area contributed by atoms with E-state index in [0.717, 1.165) is 31.0 Å². The van der Waals surface area contributed by atoms with Crippen molar-refractivity contribution in [2.75, 3.05) is 13.1 Å². The van der Waals surface area contributed by atoms with Gasteiger partial charge in [0.2, 0.25) is 0 Å². The van der Waals surface area contributed by atoms with Gasteiger partial charge in [-0.25, -0.2) is 4.39 Å². The van der Waals surface area contributed by atoms with Crippen LogP contribution >= 0.6 is 0 Å². The highest BCUT2D eigenvalue weighted by Gasteiger charge is 2.21. The minimum absolute atomic E-state index is 0.0437. The van der Waals surface area contributed by atoms with Crippen LogP contribution in [0.2, 0.25) is 0 Å². The third-order valence-electron chi connectivity index (χ3n) is 4.59. The number of nitrogens with one attached hydrogen (secondary N) is 1. The Morgan fingerprint density at radius 3 is 2.52 bits per heavy atom. The molecule has 0 heterocycles. The van der Waals surface area contributed by atoms with E-state index in [1.54, 1.807) is 12.1 Å². The molecule has 0 aliphatic heterocycles. The molecule has 1 nitrogen and oxygen atoms in total. The van der Waals surface area contributed by atoms with Crippen LogP contribution in [0.1, 0.15) is 51.5 Å². The third kappa shape index (κ3) is 5.78. The highest BCUT2D eigenvalue weighted by molar-refractivity contribution is 5.17. The lowest BCUT2D eigenvalue weighted by Crippen LogP contribution is -2.29. The molecule has 1 aromatic rings. The molecule has 1 aliphatic rings. The summed E-state index contributed by atoms with van der Waals surface area (Å²) < 4.78 is 13.9. The Morgan fingerprint density at radius 2 is 1.86 bits per heavy atom. The van der Waals surface area contributed by atoms with Crippen molar-refractivity contribution in [3.05, 3.63) is 35.6 Å². The van der Waals surface area contributed by atoms with Crippen LogP contribution in [0.4, 0.5) is 4.39 Å². The van der Waals surface area contributed by atoms with Gasteiger partial charge in [-0.15, -0.1) is 0 Å². The van der Waals surface area contributed by atoms with Crippen LogP contribution in [-0.4, -0.2) is 13.1 Å². The van der Waals surface area contributed by atoms with E-state index < -0.39 is 0 Å². The lowest BCUT2D eigenvalue weighted by atomic mass is 9.88. The minimum atomic E-state index is -0.0437. The molecule has 0 aromatic heterocycles. The van der Waals surface area contributed by atoms with Crippen LogP contribution in [-0.2, 0) is 6.42 Å². The predicted octanol–water partition coefficient (Wildman–Crippen LogP) is 4.81. The first-order valence-electron chi connectivity index (χ1n) is 8.59. The summed E-state index contributed by atoms with van der Waals surface area (Å²) in [5.74, 6) is 2.05. The minimum Gasteiger partial charge on any atom is -0.316 e. The standard InChI is InChI=1S/C19H30FN/c1-15(2)13-21-14-17(11-16-7-3-4-8-16)12-18-9-5-6-10-19(18)20/h5-6,9-10,15-17,21H,3-4,7-8,11-14H2,1-2H3. The van der Waals surface area contributed by atoms with Gasteiger partial charge >= 0.3 is 0 Å². The van der Waals surface area contributed by atoms with Crippen molar-refractivity contribution in [2.24, 2.45) is 17.8 Å². The summed E-state index contributed by atoms with van der Waals surface area (Å²) in [6, 6.07) is 7.26. The molecule has 1 N–H and O–H groups in total. The van der Waals surface area contributed by atoms with Gasteiger partial charge in [-0.3, -0.25) is 0 Å². The van der Waals surface area contributed by atoms with Crippen LogP contribution in [0.5, 0.6) is 0 Å². The molecular formula is C19H30FN. The zero-order chi connectivity index (χ0) is 15.1. The summed E-state index contributed by atoms with van der Waals surface area (Å²) in [7, 11) is 0. The number of rotatable bonds is 8. The molecule has 118 valence electrons. The van der Waals surface area contributed by atoms with Crippen molar-refractivity contribution in [3.63, 3.8) is 0 Å². The second kappa shape index (κ2) is 8.53. The fraction of sp³-hybridized carbons (Fsp3) is 0.684. The van der Waals surface area contributed by atoms with E-state index in [0.29, 0.717) is 11.8 Å². The molecule has 1 aromatic carbocycles. The maximum atomic E-state index is 13.9. The number of halogens is 1. The van der Waals surface area contributed by atoms with E-state index in [-0.39, 0.29) is 5.82 Å². The smallest absolute Gasteiger partial charge is 0.126 e. The summed E-state index contributed by atoms with van der Waals surface area (Å²) in [4.78, 5) is 0. The molecule has 0 saturated heterocycles. The molecule has 0 spiro atoms. The molecule has 21 heavy (non-hydrogen) atoms. The van der Waals surface area contributed by atoms with Crippen molar-refractivity contribution in [1.82, 2.24) is 5.32 Å². The number of hydrogen-bond acceptors (Lipinski definition) is 1. The van der Waals surface area contributed by atoms with Gasteiger partial charge in [-0.2, -0.15) is 0 Å². The third-order valence-corrected chi connectivity index (χ3v) is 4.59. The quantitative estimate of drug-likeness (QED) is 0.724. The maximum absolute atomic E-state index is 13.9. The van der Waals surface area contributed by atoms with Gasteiger partial charge in [-0.1, -0.05) is 57.7 Å². The molecular weight excluding hydrogens is 261 g/mol. The largest absolute Gasteiger partial charge is 0.316 e. The van der Waals surface area contributed by atoms with Gasteiger partial charge in [0.05, 0.1) is 0 Å². The van der Waals surface area contributed by atoms with Gasteiger partial charge < -0.3 is 5.32 Å². The SMILES string of the molecule is CC(C)CNCC(Cc1ccccc1F)CC1CCCC1. The summed E-state index contributed by atoms with van der Waals surface area (Å²) in [5.41, 5.74) is 0.881. The van der Waals surface area contributed by atoms with Crippen LogP contribution in [0.15, 0.2) is 24.3 Å². The summed E-state index contributed by atoms with van der Waals surface area (Å²) in [6.45, 7) is 6.53. The van der Waals surface area contributed by atoms with Crippen molar-refractivity contribution in [3.8, 4) is 0 Å². The molecule has 1 unspecified atom stereocenters. The summed E-state index contributed by atoms with van der Waals surface area (Å²) >= 11 is 0. The van der Waals surface area contributed by atoms with E-state index in [4.69, 9.17) is 0 Å². The van der Waals surface area contributed by atoms with Gasteiger partial charge in [0.1, 0.15) is 5.82 Å². The summed E-state index contributed by atoms with van der Waals surface area (Å²) in [5, 5.41) is 3.58. The lowest BCUT2D eigenvalue weighted by Gasteiger charge is -2.22. The molecule has 0 amide bonds. The van der Waals surface area contributed by atoms with E-state index in [2.05, 4.69) is 19.2 Å². The van der Waals surface area contributed by atoms with Crippen LogP contribution in [0.3, 0.4) is 0 Å². The van der Waals surface area contributed by atoms with Crippen molar-refractivity contribution < 1.29 is 4.39 Å². The molecule has 2 rings (SSSR count). The zero-order valence-corrected chi connectivity index (χ0v) is 13.6. The maximum Gasteiger partial charge on any atom is 0.126 e. The molecule has 1 saturated carbocycles. The van der Waals surface area contributed by atoms with Crippen molar-refractivity contribution >= 4 is 0 Å². The predicted molar refractivity (Wildman–Crippen MR) is 87.9 cm³/mol. The van der Waals surface area contributed by atoms with Crippen LogP contribution in [0.25, 0.3) is 0 Å². The van der Waals surface area contributed by atoms with Gasteiger partial charge in [0.25, 0.3) is 0 Å². The van der Waals surface area contributed by atoms with E-state index in [1.807, 2.05) is 12.1 Å². The topological polar surface area (TPSA) is 12.0 Å². The normalized spacial score (nSPS) is 17.5. The first kappa shape index (κ1) is 16.5. The fourth-order valence-corrected chi connectivity index (χ4v) is 3.51. The molecule has 0 bridgehead atoms. The Morgan fingerprint density at radius 1 is 1.14 bits per heavy atom. The number of benzene rings is 1. The Kier molecular flexibility index (Phi) is 6.69. The molecule has 0 radical (unpaired) electrons. The van der Waals surface area contributed by atoms with Crippen LogP contribution < -0.4 is 5.32 Å². The first-order valence-corrected chi connectivity index (χ1v) is 8.59. The van der Waals surface area contributed by atoms with E-state index >= 15 is 0 Å². The first-order chi connectivity index (χ1) is 10.1. The highest BCUT2D eigenvalue weighted by atomic mass is 19.1. The summed E-state index contributed by atoms with van der Waals surface area (Å²) in [6.07, 6.45) is 7.64. The second-order valence-corrected chi connectivity index (χ2v) is 7.10. The van der Waals surface area contributed by atoms with Gasteiger partial charge in [0.15, 0.2) is 0 Å². The van der Waals surface area contributed by atoms with Crippen LogP contribution in [0, 0.1) is 23.6 Å². The zero-order valence-electron chi connectivity index (χ0n) is 13.6.